The van der Waals surface area contributed by atoms with Gasteiger partial charge in [-0.15, -0.1) is 0 Å². The Kier molecular flexibility index (Phi) is 8.02. The number of piperidine rings is 1. The maximum atomic E-state index is 13.1. The molecule has 0 bridgehead atoms. The number of rotatable bonds is 9. The van der Waals surface area contributed by atoms with Crippen LogP contribution in [0.15, 0.2) is 29.2 Å². The first-order valence-electron chi connectivity index (χ1n) is 8.88. The molecule has 0 saturated carbocycles. The fourth-order valence-electron chi connectivity index (χ4n) is 3.00. The molecule has 1 aliphatic heterocycles. The van der Waals surface area contributed by atoms with Crippen LogP contribution in [-0.2, 0) is 19.5 Å². The number of carbonyl (C=O) groups excluding carboxylic acids is 1. The van der Waals surface area contributed by atoms with Crippen LogP contribution in [0.3, 0.4) is 0 Å². The van der Waals surface area contributed by atoms with Gasteiger partial charge in [-0.3, -0.25) is 4.79 Å². The van der Waals surface area contributed by atoms with Crippen LogP contribution >= 0.6 is 0 Å². The molecule has 8 heteroatoms. The fraction of sp³-hybridized carbons (Fsp3) is 0.611. The smallest absolute Gasteiger partial charge is 0.255 e. The van der Waals surface area contributed by atoms with Crippen LogP contribution < -0.4 is 0 Å². The van der Waals surface area contributed by atoms with Crippen molar-refractivity contribution in [3.8, 4) is 0 Å². The van der Waals surface area contributed by atoms with Crippen molar-refractivity contribution in [3.05, 3.63) is 29.8 Å². The summed E-state index contributed by atoms with van der Waals surface area (Å²) in [4.78, 5) is 14.7. The zero-order valence-corrected chi connectivity index (χ0v) is 16.3. The van der Waals surface area contributed by atoms with Gasteiger partial charge in [0.25, 0.3) is 5.91 Å². The van der Waals surface area contributed by atoms with Gasteiger partial charge in [0.05, 0.1) is 23.7 Å². The van der Waals surface area contributed by atoms with Gasteiger partial charge in [-0.1, -0.05) is 18.6 Å². The minimum Gasteiger partial charge on any atom is -0.383 e. The summed E-state index contributed by atoms with van der Waals surface area (Å²) in [6.45, 7) is 2.49. The molecule has 0 unspecified atom stereocenters. The summed E-state index contributed by atoms with van der Waals surface area (Å²) in [5, 5.41) is 0. The molecule has 1 aliphatic rings. The second-order valence-corrected chi connectivity index (χ2v) is 8.15. The Labute approximate surface area is 155 Å². The molecule has 2 rings (SSSR count). The summed E-state index contributed by atoms with van der Waals surface area (Å²) in [6.07, 6.45) is 2.74. The summed E-state index contributed by atoms with van der Waals surface area (Å²) in [5.41, 5.74) is 0.199. The van der Waals surface area contributed by atoms with E-state index in [0.29, 0.717) is 39.4 Å². The molecule has 1 saturated heterocycles. The number of nitrogens with zero attached hydrogens (tertiary/aromatic N) is 2. The fourth-order valence-corrected chi connectivity index (χ4v) is 4.70. The van der Waals surface area contributed by atoms with Gasteiger partial charge in [-0.25, -0.2) is 8.42 Å². The summed E-state index contributed by atoms with van der Waals surface area (Å²) >= 11 is 0. The molecule has 0 spiro atoms. The first-order chi connectivity index (χ1) is 12.5. The number of benzene rings is 1. The van der Waals surface area contributed by atoms with Crippen LogP contribution in [0.1, 0.15) is 29.6 Å². The molecule has 0 radical (unpaired) electrons. The molecule has 0 aliphatic carbocycles. The summed E-state index contributed by atoms with van der Waals surface area (Å²) in [7, 11) is -0.562. The molecule has 7 nitrogen and oxygen atoms in total. The monoisotopic (exact) mass is 384 g/mol. The normalized spacial score (nSPS) is 15.8. The highest BCUT2D eigenvalue weighted by Crippen LogP contribution is 2.24. The summed E-state index contributed by atoms with van der Waals surface area (Å²) < 4.78 is 37.8. The van der Waals surface area contributed by atoms with E-state index in [2.05, 4.69) is 0 Å². The third kappa shape index (κ3) is 5.03. The van der Waals surface area contributed by atoms with Crippen LogP contribution in [-0.4, -0.2) is 77.1 Å². The first-order valence-corrected chi connectivity index (χ1v) is 10.3. The van der Waals surface area contributed by atoms with E-state index in [1.54, 1.807) is 37.3 Å². The van der Waals surface area contributed by atoms with Gasteiger partial charge in [0.1, 0.15) is 0 Å². The van der Waals surface area contributed by atoms with Gasteiger partial charge >= 0.3 is 0 Å². The first kappa shape index (κ1) is 20.8. The van der Waals surface area contributed by atoms with E-state index in [9.17, 15) is 13.2 Å². The minimum atomic E-state index is -3.69. The SMILES string of the molecule is COCCN(CCOC)C(=O)c1ccccc1S(=O)(=O)N1CCCCC1. The lowest BCUT2D eigenvalue weighted by atomic mass is 10.2. The van der Waals surface area contributed by atoms with Crippen molar-refractivity contribution in [2.45, 2.75) is 24.2 Å². The van der Waals surface area contributed by atoms with Crippen molar-refractivity contribution in [2.75, 3.05) is 53.6 Å². The molecular weight excluding hydrogens is 356 g/mol. The van der Waals surface area contributed by atoms with Crippen molar-refractivity contribution in [2.24, 2.45) is 0 Å². The Morgan fingerprint density at radius 3 is 2.19 bits per heavy atom. The Morgan fingerprint density at radius 1 is 1.04 bits per heavy atom. The van der Waals surface area contributed by atoms with Gasteiger partial charge in [0, 0.05) is 40.4 Å². The van der Waals surface area contributed by atoms with Crippen LogP contribution in [0.2, 0.25) is 0 Å². The number of ether oxygens (including phenoxy) is 2. The molecule has 26 heavy (non-hydrogen) atoms. The number of amides is 1. The van der Waals surface area contributed by atoms with Gasteiger partial charge < -0.3 is 14.4 Å². The molecule has 1 fully saturated rings. The third-order valence-corrected chi connectivity index (χ3v) is 6.42. The summed E-state index contributed by atoms with van der Waals surface area (Å²) in [6, 6.07) is 6.43. The quantitative estimate of drug-likeness (QED) is 0.646. The molecule has 1 heterocycles. The Morgan fingerprint density at radius 2 is 1.62 bits per heavy atom. The number of carbonyl (C=O) groups is 1. The average Bonchev–Trinajstić information content (AvgIpc) is 2.68. The molecule has 0 aromatic heterocycles. The lowest BCUT2D eigenvalue weighted by molar-refractivity contribution is 0.0623. The highest BCUT2D eigenvalue weighted by Gasteiger charge is 2.31. The van der Waals surface area contributed by atoms with Crippen LogP contribution in [0.4, 0.5) is 0 Å². The van der Waals surface area contributed by atoms with E-state index in [4.69, 9.17) is 9.47 Å². The Bertz CT molecular complexity index is 679. The topological polar surface area (TPSA) is 76.1 Å². The van der Waals surface area contributed by atoms with Crippen molar-refractivity contribution in [1.82, 2.24) is 9.21 Å². The highest BCUT2D eigenvalue weighted by atomic mass is 32.2. The van der Waals surface area contributed by atoms with Crippen LogP contribution in [0, 0.1) is 0 Å². The van der Waals surface area contributed by atoms with E-state index >= 15 is 0 Å². The van der Waals surface area contributed by atoms with Gasteiger partial charge in [-0.2, -0.15) is 4.31 Å². The minimum absolute atomic E-state index is 0.0757. The number of methoxy groups -OCH3 is 2. The molecule has 0 atom stereocenters. The van der Waals surface area contributed by atoms with E-state index in [1.165, 1.54) is 10.4 Å². The molecule has 1 aromatic carbocycles. The van der Waals surface area contributed by atoms with Gasteiger partial charge in [0.15, 0.2) is 0 Å². The predicted molar refractivity (Wildman–Crippen MR) is 98.7 cm³/mol. The molecular formula is C18H28N2O5S. The lowest BCUT2D eigenvalue weighted by Gasteiger charge is -2.28. The maximum Gasteiger partial charge on any atom is 0.255 e. The second kappa shape index (κ2) is 10.0. The van der Waals surface area contributed by atoms with E-state index in [-0.39, 0.29) is 16.4 Å². The maximum absolute atomic E-state index is 13.1. The molecule has 1 aromatic rings. The molecule has 0 N–H and O–H groups in total. The van der Waals surface area contributed by atoms with Crippen molar-refractivity contribution < 1.29 is 22.7 Å². The number of hydrogen-bond acceptors (Lipinski definition) is 5. The standard InChI is InChI=1S/C18H28N2O5S/c1-24-14-12-19(13-15-25-2)18(21)16-8-4-5-9-17(16)26(22,23)20-10-6-3-7-11-20/h4-5,8-9H,3,6-7,10-15H2,1-2H3. The van der Waals surface area contributed by atoms with E-state index < -0.39 is 10.0 Å². The predicted octanol–water partition coefficient (Wildman–Crippen LogP) is 1.60. The second-order valence-electron chi connectivity index (χ2n) is 6.24. The van der Waals surface area contributed by atoms with Crippen molar-refractivity contribution >= 4 is 15.9 Å². The van der Waals surface area contributed by atoms with Gasteiger partial charge in [-0.05, 0) is 25.0 Å². The Balaban J connectivity index is 2.32. The van der Waals surface area contributed by atoms with Crippen LogP contribution in [0.5, 0.6) is 0 Å². The number of sulfonamides is 1. The zero-order chi connectivity index (χ0) is 19.0. The van der Waals surface area contributed by atoms with Gasteiger partial charge in [0.2, 0.25) is 10.0 Å². The largest absolute Gasteiger partial charge is 0.383 e. The Hall–Kier alpha value is -1.48. The molecule has 146 valence electrons. The van der Waals surface area contributed by atoms with E-state index in [0.717, 1.165) is 19.3 Å². The van der Waals surface area contributed by atoms with Crippen LogP contribution in [0.25, 0.3) is 0 Å². The number of hydrogen-bond donors (Lipinski definition) is 0. The lowest BCUT2D eigenvalue weighted by Crippen LogP contribution is -2.39. The van der Waals surface area contributed by atoms with Crippen molar-refractivity contribution in [1.29, 1.82) is 0 Å². The average molecular weight is 384 g/mol. The molecule has 1 amide bonds. The zero-order valence-electron chi connectivity index (χ0n) is 15.5. The highest BCUT2D eigenvalue weighted by molar-refractivity contribution is 7.89. The third-order valence-electron chi connectivity index (χ3n) is 4.47. The van der Waals surface area contributed by atoms with E-state index in [1.807, 2.05) is 0 Å². The van der Waals surface area contributed by atoms with Crippen molar-refractivity contribution in [3.63, 3.8) is 0 Å². The summed E-state index contributed by atoms with van der Waals surface area (Å²) in [5.74, 6) is -0.324.